The number of hydrogen-bond donors (Lipinski definition) is 4. The fourth-order valence-electron chi connectivity index (χ4n) is 2.03. The molecule has 7 heteroatoms. The van der Waals surface area contributed by atoms with Gasteiger partial charge in [-0.2, -0.15) is 0 Å². The highest BCUT2D eigenvalue weighted by molar-refractivity contribution is 5.94. The van der Waals surface area contributed by atoms with Gasteiger partial charge < -0.3 is 22.1 Å². The topological polar surface area (TPSA) is 127 Å². The van der Waals surface area contributed by atoms with Gasteiger partial charge in [0.2, 0.25) is 11.8 Å². The van der Waals surface area contributed by atoms with E-state index in [1.807, 2.05) is 6.07 Å². The van der Waals surface area contributed by atoms with E-state index in [-0.39, 0.29) is 24.8 Å². The van der Waals surface area contributed by atoms with Crippen LogP contribution in [0.5, 0.6) is 0 Å². The van der Waals surface area contributed by atoms with E-state index < -0.39 is 11.9 Å². The predicted octanol–water partition coefficient (Wildman–Crippen LogP) is -0.0944. The second kappa shape index (κ2) is 10.3. The molecule has 1 rings (SSSR count). The minimum Gasteiger partial charge on any atom is -0.368 e. The lowest BCUT2D eigenvalue weighted by Crippen LogP contribution is -2.45. The summed E-state index contributed by atoms with van der Waals surface area (Å²) in [5.41, 5.74) is 11.2. The zero-order valence-electron chi connectivity index (χ0n) is 13.1. The number of hydrogen-bond acceptors (Lipinski definition) is 4. The Labute approximate surface area is 135 Å². The Kier molecular flexibility index (Phi) is 8.38. The number of benzene rings is 1. The minimum absolute atomic E-state index is 0.0826. The highest BCUT2D eigenvalue weighted by Crippen LogP contribution is 2.01. The number of carbonyl (C=O) groups excluding carboxylic acids is 3. The van der Waals surface area contributed by atoms with Crippen molar-refractivity contribution in [2.75, 3.05) is 13.1 Å². The Bertz CT molecular complexity index is 519. The molecule has 0 saturated heterocycles. The average molecular weight is 320 g/mol. The first-order valence-electron chi connectivity index (χ1n) is 7.66. The van der Waals surface area contributed by atoms with E-state index in [1.165, 1.54) is 0 Å². The molecule has 0 fully saturated rings. The molecule has 0 aliphatic carbocycles. The lowest BCUT2D eigenvalue weighted by atomic mass is 10.1. The highest BCUT2D eigenvalue weighted by Gasteiger charge is 2.17. The molecule has 0 saturated carbocycles. The summed E-state index contributed by atoms with van der Waals surface area (Å²) < 4.78 is 0. The molecule has 0 aromatic heterocycles. The van der Waals surface area contributed by atoms with Crippen LogP contribution in [0.25, 0.3) is 0 Å². The molecule has 0 spiro atoms. The molecule has 3 amide bonds. The number of primary amides is 1. The lowest BCUT2D eigenvalue weighted by molar-refractivity contribution is -0.127. The van der Waals surface area contributed by atoms with Gasteiger partial charge in [-0.05, 0) is 37.9 Å². The number of nitrogens with one attached hydrogen (secondary N) is 2. The van der Waals surface area contributed by atoms with E-state index in [4.69, 9.17) is 11.5 Å². The molecule has 0 heterocycles. The highest BCUT2D eigenvalue weighted by atomic mass is 16.2. The third-order valence-electron chi connectivity index (χ3n) is 3.30. The van der Waals surface area contributed by atoms with Crippen LogP contribution in [0.2, 0.25) is 0 Å². The van der Waals surface area contributed by atoms with Crippen molar-refractivity contribution in [1.29, 1.82) is 0 Å². The Balaban J connectivity index is 2.32. The largest absolute Gasteiger partial charge is 0.368 e. The van der Waals surface area contributed by atoms with Crippen molar-refractivity contribution in [2.45, 2.75) is 31.7 Å². The molecule has 0 aliphatic rings. The Morgan fingerprint density at radius 1 is 1.09 bits per heavy atom. The van der Waals surface area contributed by atoms with Crippen LogP contribution in [-0.4, -0.2) is 36.9 Å². The zero-order chi connectivity index (χ0) is 17.1. The number of carbonyl (C=O) groups is 3. The average Bonchev–Trinajstić information content (AvgIpc) is 2.54. The van der Waals surface area contributed by atoms with Gasteiger partial charge in [0.15, 0.2) is 0 Å². The summed E-state index contributed by atoms with van der Waals surface area (Å²) in [5, 5.41) is 5.24. The third kappa shape index (κ3) is 7.42. The van der Waals surface area contributed by atoms with E-state index in [0.29, 0.717) is 18.5 Å². The molecule has 6 N–H and O–H groups in total. The normalized spacial score (nSPS) is 11.5. The molecule has 23 heavy (non-hydrogen) atoms. The summed E-state index contributed by atoms with van der Waals surface area (Å²) in [5.74, 6) is -1.13. The molecule has 0 bridgehead atoms. The van der Waals surface area contributed by atoms with E-state index in [2.05, 4.69) is 10.6 Å². The van der Waals surface area contributed by atoms with Crippen molar-refractivity contribution in [3.05, 3.63) is 35.9 Å². The first-order valence-corrected chi connectivity index (χ1v) is 7.66. The van der Waals surface area contributed by atoms with Gasteiger partial charge in [-0.25, -0.2) is 0 Å². The van der Waals surface area contributed by atoms with Gasteiger partial charge in [-0.3, -0.25) is 14.4 Å². The molecule has 0 aliphatic heterocycles. The first-order chi connectivity index (χ1) is 11.0. The smallest absolute Gasteiger partial charge is 0.251 e. The molecule has 1 aromatic carbocycles. The van der Waals surface area contributed by atoms with Crippen molar-refractivity contribution in [1.82, 2.24) is 10.6 Å². The summed E-state index contributed by atoms with van der Waals surface area (Å²) in [4.78, 5) is 34.9. The molecule has 1 atom stereocenters. The second-order valence-electron chi connectivity index (χ2n) is 5.18. The van der Waals surface area contributed by atoms with Crippen LogP contribution < -0.4 is 22.1 Å². The maximum absolute atomic E-state index is 11.8. The van der Waals surface area contributed by atoms with Crippen molar-refractivity contribution in [2.24, 2.45) is 11.5 Å². The monoisotopic (exact) mass is 320 g/mol. The van der Waals surface area contributed by atoms with Crippen LogP contribution in [0.4, 0.5) is 0 Å². The van der Waals surface area contributed by atoms with Crippen LogP contribution in [0, 0.1) is 0 Å². The number of rotatable bonds is 10. The predicted molar refractivity (Wildman–Crippen MR) is 87.4 cm³/mol. The fourth-order valence-corrected chi connectivity index (χ4v) is 2.03. The SMILES string of the molecule is NCCCC[C@H](NC(=O)CCNC(=O)c1ccccc1)C(N)=O. The number of amides is 3. The maximum atomic E-state index is 11.8. The molecule has 0 unspecified atom stereocenters. The van der Waals surface area contributed by atoms with Gasteiger partial charge in [0.05, 0.1) is 0 Å². The quantitative estimate of drug-likeness (QED) is 0.449. The summed E-state index contributed by atoms with van der Waals surface area (Å²) in [6.07, 6.45) is 2.04. The Hall–Kier alpha value is -2.41. The maximum Gasteiger partial charge on any atom is 0.251 e. The van der Waals surface area contributed by atoms with Gasteiger partial charge >= 0.3 is 0 Å². The van der Waals surface area contributed by atoms with E-state index in [9.17, 15) is 14.4 Å². The lowest BCUT2D eigenvalue weighted by Gasteiger charge is -2.15. The number of unbranched alkanes of at least 4 members (excludes halogenated alkanes) is 1. The molecule has 0 radical (unpaired) electrons. The standard InChI is InChI=1S/C16H24N4O3/c17-10-5-4-8-13(15(18)22)20-14(21)9-11-19-16(23)12-6-2-1-3-7-12/h1-3,6-7,13H,4-5,8-11,17H2,(H2,18,22)(H,19,23)(H,20,21)/t13-/m0/s1. The van der Waals surface area contributed by atoms with Crippen molar-refractivity contribution >= 4 is 17.7 Å². The Morgan fingerprint density at radius 2 is 1.78 bits per heavy atom. The molecule has 1 aromatic rings. The molecular weight excluding hydrogens is 296 g/mol. The van der Waals surface area contributed by atoms with E-state index in [1.54, 1.807) is 24.3 Å². The van der Waals surface area contributed by atoms with E-state index in [0.717, 1.165) is 12.8 Å². The first kappa shape index (κ1) is 18.6. The summed E-state index contributed by atoms with van der Waals surface area (Å²) in [6.45, 7) is 0.721. The van der Waals surface area contributed by atoms with Gasteiger partial charge in [0.25, 0.3) is 5.91 Å². The van der Waals surface area contributed by atoms with Gasteiger partial charge in [0, 0.05) is 18.5 Å². The van der Waals surface area contributed by atoms with Crippen molar-refractivity contribution in [3.8, 4) is 0 Å². The second-order valence-corrected chi connectivity index (χ2v) is 5.18. The van der Waals surface area contributed by atoms with Gasteiger partial charge in [-0.1, -0.05) is 18.2 Å². The third-order valence-corrected chi connectivity index (χ3v) is 3.30. The van der Waals surface area contributed by atoms with Crippen molar-refractivity contribution in [3.63, 3.8) is 0 Å². The number of nitrogens with two attached hydrogens (primary N) is 2. The van der Waals surface area contributed by atoms with Gasteiger partial charge in [0.1, 0.15) is 6.04 Å². The zero-order valence-corrected chi connectivity index (χ0v) is 13.1. The Morgan fingerprint density at radius 3 is 2.39 bits per heavy atom. The molecule has 7 nitrogen and oxygen atoms in total. The van der Waals surface area contributed by atoms with Gasteiger partial charge in [-0.15, -0.1) is 0 Å². The molecule has 126 valence electrons. The summed E-state index contributed by atoms with van der Waals surface area (Å²) in [7, 11) is 0. The van der Waals surface area contributed by atoms with Crippen molar-refractivity contribution < 1.29 is 14.4 Å². The van der Waals surface area contributed by atoms with Crippen LogP contribution in [0.3, 0.4) is 0 Å². The summed E-state index contributed by atoms with van der Waals surface area (Å²) in [6, 6.07) is 8.03. The van der Waals surface area contributed by atoms with Crippen LogP contribution in [0.1, 0.15) is 36.0 Å². The van der Waals surface area contributed by atoms with Crippen LogP contribution >= 0.6 is 0 Å². The van der Waals surface area contributed by atoms with Crippen LogP contribution in [-0.2, 0) is 9.59 Å². The van der Waals surface area contributed by atoms with Crippen LogP contribution in [0.15, 0.2) is 30.3 Å². The van der Waals surface area contributed by atoms with E-state index >= 15 is 0 Å². The molecular formula is C16H24N4O3. The fraction of sp³-hybridized carbons (Fsp3) is 0.438. The summed E-state index contributed by atoms with van der Waals surface area (Å²) >= 11 is 0. The minimum atomic E-state index is -0.695.